The van der Waals surface area contributed by atoms with E-state index >= 15 is 0 Å². The third-order valence-electron chi connectivity index (χ3n) is 3.48. The number of rotatable bonds is 4. The van der Waals surface area contributed by atoms with Crippen LogP contribution < -0.4 is 5.32 Å². The first-order valence-corrected chi connectivity index (χ1v) is 6.82. The van der Waals surface area contributed by atoms with Crippen LogP contribution in [-0.4, -0.2) is 55.1 Å². The van der Waals surface area contributed by atoms with Crippen molar-refractivity contribution in [3.8, 4) is 0 Å². The van der Waals surface area contributed by atoms with Crippen LogP contribution in [0.15, 0.2) is 18.2 Å². The molecule has 1 heterocycles. The van der Waals surface area contributed by atoms with Crippen LogP contribution in [0.5, 0.6) is 0 Å². The summed E-state index contributed by atoms with van der Waals surface area (Å²) in [7, 11) is 1.71. The zero-order chi connectivity index (χ0) is 15.4. The third kappa shape index (κ3) is 3.77. The van der Waals surface area contributed by atoms with Gasteiger partial charge in [0.05, 0.1) is 17.6 Å². The second-order valence-electron chi connectivity index (χ2n) is 5.14. The highest BCUT2D eigenvalue weighted by molar-refractivity contribution is 5.95. The minimum atomic E-state index is -0.466. The summed E-state index contributed by atoms with van der Waals surface area (Å²) in [5.74, 6) is -0.156. The number of carbonyl (C=O) groups excluding carboxylic acids is 1. The highest BCUT2D eigenvalue weighted by Gasteiger charge is 2.21. The maximum absolute atomic E-state index is 12.4. The van der Waals surface area contributed by atoms with E-state index in [2.05, 4.69) is 5.32 Å². The molecule has 1 N–H and O–H groups in total. The van der Waals surface area contributed by atoms with E-state index in [0.29, 0.717) is 24.3 Å². The number of benzene rings is 1. The van der Waals surface area contributed by atoms with Gasteiger partial charge in [-0.1, -0.05) is 0 Å². The molecule has 0 bridgehead atoms. The Labute approximate surface area is 123 Å². The van der Waals surface area contributed by atoms with E-state index in [4.69, 9.17) is 4.74 Å². The van der Waals surface area contributed by atoms with Gasteiger partial charge in [-0.05, 0) is 18.6 Å². The Balaban J connectivity index is 2.06. The van der Waals surface area contributed by atoms with Gasteiger partial charge in [-0.25, -0.2) is 0 Å². The molecule has 1 aliphatic rings. The van der Waals surface area contributed by atoms with Crippen LogP contribution in [0.2, 0.25) is 0 Å². The van der Waals surface area contributed by atoms with E-state index in [9.17, 15) is 14.9 Å². The first-order valence-electron chi connectivity index (χ1n) is 6.82. The summed E-state index contributed by atoms with van der Waals surface area (Å²) in [6.45, 7) is 4.38. The lowest BCUT2D eigenvalue weighted by atomic mass is 10.1. The zero-order valence-electron chi connectivity index (χ0n) is 12.2. The molecule has 1 fully saturated rings. The van der Waals surface area contributed by atoms with Gasteiger partial charge in [-0.15, -0.1) is 0 Å². The second-order valence-corrected chi connectivity index (χ2v) is 5.14. The van der Waals surface area contributed by atoms with E-state index in [1.54, 1.807) is 18.9 Å². The van der Waals surface area contributed by atoms with Gasteiger partial charge in [0.25, 0.3) is 11.6 Å². The fraction of sp³-hybridized carbons (Fsp3) is 0.500. The summed E-state index contributed by atoms with van der Waals surface area (Å²) >= 11 is 0. The Morgan fingerprint density at radius 2 is 2.33 bits per heavy atom. The fourth-order valence-electron chi connectivity index (χ4n) is 2.33. The van der Waals surface area contributed by atoms with Gasteiger partial charge in [0.15, 0.2) is 0 Å². The van der Waals surface area contributed by atoms with Crippen LogP contribution >= 0.6 is 0 Å². The second kappa shape index (κ2) is 6.64. The molecule has 1 amide bonds. The largest absolute Gasteiger partial charge is 0.374 e. The predicted molar refractivity (Wildman–Crippen MR) is 77.4 cm³/mol. The number of nitrogens with one attached hydrogen (secondary N) is 1. The molecular formula is C14H19N3O4. The molecule has 7 heteroatoms. The molecule has 21 heavy (non-hydrogen) atoms. The molecule has 1 atom stereocenters. The molecule has 114 valence electrons. The van der Waals surface area contributed by atoms with Crippen LogP contribution in [-0.2, 0) is 4.74 Å². The van der Waals surface area contributed by atoms with E-state index < -0.39 is 4.92 Å². The smallest absolute Gasteiger partial charge is 0.269 e. The van der Waals surface area contributed by atoms with Gasteiger partial charge in [-0.3, -0.25) is 14.9 Å². The van der Waals surface area contributed by atoms with Crippen LogP contribution in [0.4, 0.5) is 5.69 Å². The molecule has 0 aliphatic carbocycles. The zero-order valence-corrected chi connectivity index (χ0v) is 12.2. The summed E-state index contributed by atoms with van der Waals surface area (Å²) < 4.78 is 5.57. The van der Waals surface area contributed by atoms with Crippen molar-refractivity contribution in [2.75, 3.05) is 33.3 Å². The van der Waals surface area contributed by atoms with Gasteiger partial charge in [0.1, 0.15) is 0 Å². The first-order chi connectivity index (χ1) is 9.99. The van der Waals surface area contributed by atoms with Crippen LogP contribution in [0, 0.1) is 17.0 Å². The normalized spacial score (nSPS) is 18.3. The Morgan fingerprint density at radius 1 is 1.57 bits per heavy atom. The Hall–Kier alpha value is -1.99. The molecule has 1 aromatic rings. The summed E-state index contributed by atoms with van der Waals surface area (Å²) in [5, 5.41) is 13.9. The van der Waals surface area contributed by atoms with Crippen molar-refractivity contribution in [1.82, 2.24) is 10.2 Å². The van der Waals surface area contributed by atoms with Crippen molar-refractivity contribution in [2.45, 2.75) is 13.0 Å². The Bertz CT molecular complexity index is 541. The molecule has 0 radical (unpaired) electrons. The van der Waals surface area contributed by atoms with Gasteiger partial charge >= 0.3 is 0 Å². The summed E-state index contributed by atoms with van der Waals surface area (Å²) in [4.78, 5) is 24.2. The van der Waals surface area contributed by atoms with Crippen LogP contribution in [0.1, 0.15) is 15.9 Å². The van der Waals surface area contributed by atoms with Crippen LogP contribution in [0.3, 0.4) is 0 Å². The van der Waals surface area contributed by atoms with Crippen molar-refractivity contribution >= 4 is 11.6 Å². The number of amides is 1. The fourth-order valence-corrected chi connectivity index (χ4v) is 2.33. The van der Waals surface area contributed by atoms with Crippen molar-refractivity contribution in [2.24, 2.45) is 0 Å². The first kappa shape index (κ1) is 15.4. The molecule has 0 spiro atoms. The molecule has 1 aromatic carbocycles. The van der Waals surface area contributed by atoms with E-state index in [-0.39, 0.29) is 17.7 Å². The monoisotopic (exact) mass is 293 g/mol. The average molecular weight is 293 g/mol. The van der Waals surface area contributed by atoms with Crippen molar-refractivity contribution in [1.29, 1.82) is 0 Å². The number of non-ortho nitro benzene ring substituents is 1. The summed E-state index contributed by atoms with van der Waals surface area (Å²) in [6.07, 6.45) is -0.0222. The topological polar surface area (TPSA) is 84.7 Å². The highest BCUT2D eigenvalue weighted by atomic mass is 16.6. The molecule has 0 aromatic heterocycles. The number of nitro groups is 1. The molecule has 1 unspecified atom stereocenters. The number of ether oxygens (including phenoxy) is 1. The quantitative estimate of drug-likeness (QED) is 0.660. The number of aryl methyl sites for hydroxylation is 1. The number of hydrogen-bond donors (Lipinski definition) is 1. The van der Waals surface area contributed by atoms with E-state index in [0.717, 1.165) is 13.1 Å². The van der Waals surface area contributed by atoms with Crippen LogP contribution in [0.25, 0.3) is 0 Å². The van der Waals surface area contributed by atoms with Gasteiger partial charge in [-0.2, -0.15) is 0 Å². The van der Waals surface area contributed by atoms with Gasteiger partial charge in [0.2, 0.25) is 0 Å². The number of hydrogen-bond acceptors (Lipinski definition) is 5. The molecule has 1 saturated heterocycles. The highest BCUT2D eigenvalue weighted by Crippen LogP contribution is 2.18. The lowest BCUT2D eigenvalue weighted by Gasteiger charge is -2.28. The molecule has 7 nitrogen and oxygen atoms in total. The SMILES string of the molecule is Cc1cc([N+](=O)[O-])ccc1C(=O)N(C)CC1CNCCO1. The van der Waals surface area contributed by atoms with Crippen molar-refractivity contribution in [3.05, 3.63) is 39.4 Å². The third-order valence-corrected chi connectivity index (χ3v) is 3.48. The lowest BCUT2D eigenvalue weighted by Crippen LogP contribution is -2.45. The minimum Gasteiger partial charge on any atom is -0.374 e. The number of likely N-dealkylation sites (N-methyl/N-ethyl adjacent to an activating group) is 1. The number of nitro benzene ring substituents is 1. The summed E-state index contributed by atoms with van der Waals surface area (Å²) in [5.41, 5.74) is 1.07. The summed E-state index contributed by atoms with van der Waals surface area (Å²) in [6, 6.07) is 4.28. The predicted octanol–water partition coefficient (Wildman–Crippen LogP) is 0.964. The number of nitrogens with zero attached hydrogens (tertiary/aromatic N) is 2. The maximum atomic E-state index is 12.4. The number of morpholine rings is 1. The maximum Gasteiger partial charge on any atom is 0.269 e. The lowest BCUT2D eigenvalue weighted by molar-refractivity contribution is -0.384. The molecular weight excluding hydrogens is 274 g/mol. The molecule has 1 aliphatic heterocycles. The average Bonchev–Trinajstić information content (AvgIpc) is 2.47. The Kier molecular flexibility index (Phi) is 4.87. The number of carbonyl (C=O) groups is 1. The minimum absolute atomic E-state index is 0.00785. The van der Waals surface area contributed by atoms with Gasteiger partial charge in [0, 0.05) is 44.4 Å². The van der Waals surface area contributed by atoms with E-state index in [1.807, 2.05) is 0 Å². The van der Waals surface area contributed by atoms with Crippen molar-refractivity contribution < 1.29 is 14.5 Å². The standard InChI is InChI=1S/C14H19N3O4/c1-10-7-11(17(19)20)3-4-13(10)14(18)16(2)9-12-8-15-5-6-21-12/h3-4,7,12,15H,5-6,8-9H2,1-2H3. The molecule has 2 rings (SSSR count). The van der Waals surface area contributed by atoms with E-state index in [1.165, 1.54) is 18.2 Å². The molecule has 0 saturated carbocycles. The Morgan fingerprint density at radius 3 is 2.90 bits per heavy atom. The van der Waals surface area contributed by atoms with Crippen molar-refractivity contribution in [3.63, 3.8) is 0 Å². The van der Waals surface area contributed by atoms with Gasteiger partial charge < -0.3 is 15.0 Å².